The molecular formula is C19H19FN2O4. The van der Waals surface area contributed by atoms with Gasteiger partial charge in [-0.15, -0.1) is 0 Å². The highest BCUT2D eigenvalue weighted by Crippen LogP contribution is 2.29. The number of alkyl carbamates (subject to hydrolysis) is 1. The molecule has 1 unspecified atom stereocenters. The van der Waals surface area contributed by atoms with Crippen LogP contribution in [0.3, 0.4) is 0 Å². The Morgan fingerprint density at radius 2 is 2.04 bits per heavy atom. The second-order valence-electron chi connectivity index (χ2n) is 5.95. The highest BCUT2D eigenvalue weighted by atomic mass is 19.1. The van der Waals surface area contributed by atoms with Crippen molar-refractivity contribution in [2.75, 3.05) is 7.11 Å². The monoisotopic (exact) mass is 358 g/mol. The highest BCUT2D eigenvalue weighted by molar-refractivity contribution is 5.81. The maximum atomic E-state index is 14.2. The fourth-order valence-corrected chi connectivity index (χ4v) is 2.88. The summed E-state index contributed by atoms with van der Waals surface area (Å²) in [5, 5.41) is 5.33. The number of halogens is 1. The van der Waals surface area contributed by atoms with E-state index in [1.807, 2.05) is 30.3 Å². The second kappa shape index (κ2) is 7.86. The van der Waals surface area contributed by atoms with Gasteiger partial charge < -0.3 is 20.1 Å². The van der Waals surface area contributed by atoms with Crippen LogP contribution in [-0.2, 0) is 16.1 Å². The Balaban J connectivity index is 1.68. The van der Waals surface area contributed by atoms with E-state index in [1.165, 1.54) is 25.3 Å². The number of carbonyl (C=O) groups excluding carboxylic acids is 2. The van der Waals surface area contributed by atoms with Crippen molar-refractivity contribution < 1.29 is 23.5 Å². The Kier molecular flexibility index (Phi) is 5.36. The van der Waals surface area contributed by atoms with Crippen LogP contribution in [0.2, 0.25) is 0 Å². The van der Waals surface area contributed by atoms with Gasteiger partial charge in [-0.1, -0.05) is 30.3 Å². The summed E-state index contributed by atoms with van der Waals surface area (Å²) in [5.41, 5.74) is 1.10. The van der Waals surface area contributed by atoms with Crippen molar-refractivity contribution in [2.45, 2.75) is 25.1 Å². The lowest BCUT2D eigenvalue weighted by Crippen LogP contribution is -2.39. The molecule has 1 aliphatic rings. The first kappa shape index (κ1) is 17.7. The second-order valence-corrected chi connectivity index (χ2v) is 5.95. The average Bonchev–Trinajstić information content (AvgIpc) is 3.01. The molecule has 0 bridgehead atoms. The van der Waals surface area contributed by atoms with Gasteiger partial charge in [-0.05, 0) is 23.8 Å². The van der Waals surface area contributed by atoms with E-state index in [2.05, 4.69) is 10.6 Å². The zero-order valence-corrected chi connectivity index (χ0v) is 14.2. The summed E-state index contributed by atoms with van der Waals surface area (Å²) in [5.74, 6) is -0.291. The molecule has 2 amide bonds. The molecule has 2 atom stereocenters. The Morgan fingerprint density at radius 1 is 1.27 bits per heavy atom. The van der Waals surface area contributed by atoms with Crippen LogP contribution in [0, 0.1) is 5.82 Å². The van der Waals surface area contributed by atoms with Crippen molar-refractivity contribution in [2.24, 2.45) is 0 Å². The molecule has 0 radical (unpaired) electrons. The number of nitrogens with one attached hydrogen (secondary N) is 2. The minimum atomic E-state index is -0.693. The predicted molar refractivity (Wildman–Crippen MR) is 92.0 cm³/mol. The third kappa shape index (κ3) is 4.11. The zero-order valence-electron chi connectivity index (χ0n) is 14.2. The minimum Gasteiger partial charge on any atom is -0.497 e. The number of benzene rings is 2. The van der Waals surface area contributed by atoms with Crippen molar-refractivity contribution in [3.8, 4) is 5.75 Å². The third-order valence-corrected chi connectivity index (χ3v) is 4.18. The van der Waals surface area contributed by atoms with Crippen LogP contribution in [-0.4, -0.2) is 25.2 Å². The fourth-order valence-electron chi connectivity index (χ4n) is 2.88. The topological polar surface area (TPSA) is 76.7 Å². The molecule has 136 valence electrons. The lowest BCUT2D eigenvalue weighted by Gasteiger charge is -2.21. The lowest BCUT2D eigenvalue weighted by molar-refractivity contribution is -0.119. The number of rotatable bonds is 5. The van der Waals surface area contributed by atoms with Crippen LogP contribution in [0.5, 0.6) is 5.75 Å². The number of hydrogen-bond acceptors (Lipinski definition) is 4. The number of ether oxygens (including phenoxy) is 2. The Labute approximate surface area is 150 Å². The van der Waals surface area contributed by atoms with Gasteiger partial charge in [0.05, 0.1) is 19.2 Å². The summed E-state index contributed by atoms with van der Waals surface area (Å²) in [6.45, 7) is 0.110. The van der Waals surface area contributed by atoms with Crippen molar-refractivity contribution in [3.63, 3.8) is 0 Å². The SMILES string of the molecule is COc1ccc(F)c(C2NC(=O)C[C@@H]2NC(=O)OCc2ccccc2)c1. The fraction of sp³-hybridized carbons (Fsp3) is 0.263. The molecule has 0 saturated carbocycles. The van der Waals surface area contributed by atoms with E-state index >= 15 is 0 Å². The van der Waals surface area contributed by atoms with Gasteiger partial charge >= 0.3 is 6.09 Å². The van der Waals surface area contributed by atoms with Gasteiger partial charge in [0, 0.05) is 12.0 Å². The molecule has 6 nitrogen and oxygen atoms in total. The third-order valence-electron chi connectivity index (χ3n) is 4.18. The number of carbonyl (C=O) groups is 2. The molecule has 3 rings (SSSR count). The van der Waals surface area contributed by atoms with E-state index < -0.39 is 24.0 Å². The molecule has 1 aliphatic heterocycles. The highest BCUT2D eigenvalue weighted by Gasteiger charge is 2.36. The Bertz CT molecular complexity index is 797. The summed E-state index contributed by atoms with van der Waals surface area (Å²) in [4.78, 5) is 23.9. The van der Waals surface area contributed by atoms with Gasteiger partial charge in [-0.3, -0.25) is 4.79 Å². The van der Waals surface area contributed by atoms with E-state index in [4.69, 9.17) is 9.47 Å². The Hall–Kier alpha value is -3.09. The maximum absolute atomic E-state index is 14.2. The molecule has 0 aliphatic carbocycles. The smallest absolute Gasteiger partial charge is 0.407 e. The normalized spacial score (nSPS) is 18.9. The van der Waals surface area contributed by atoms with Gasteiger partial charge in [0.2, 0.25) is 5.91 Å². The summed E-state index contributed by atoms with van der Waals surface area (Å²) in [6, 6.07) is 12.2. The first-order valence-electron chi connectivity index (χ1n) is 8.17. The molecule has 26 heavy (non-hydrogen) atoms. The Morgan fingerprint density at radius 3 is 2.77 bits per heavy atom. The van der Waals surface area contributed by atoms with E-state index in [9.17, 15) is 14.0 Å². The van der Waals surface area contributed by atoms with E-state index in [-0.39, 0.29) is 24.5 Å². The number of methoxy groups -OCH3 is 1. The first-order valence-corrected chi connectivity index (χ1v) is 8.17. The maximum Gasteiger partial charge on any atom is 0.407 e. The summed E-state index contributed by atoms with van der Waals surface area (Å²) >= 11 is 0. The van der Waals surface area contributed by atoms with Gasteiger partial charge in [0.1, 0.15) is 18.2 Å². The van der Waals surface area contributed by atoms with Crippen LogP contribution in [0.1, 0.15) is 23.6 Å². The van der Waals surface area contributed by atoms with Crippen molar-refractivity contribution in [1.82, 2.24) is 10.6 Å². The number of amides is 2. The molecule has 1 fully saturated rings. The standard InChI is InChI=1S/C19H19FN2O4/c1-25-13-7-8-15(20)14(9-13)18-16(10-17(23)22-18)21-19(24)26-11-12-5-3-2-4-6-12/h2-9,16,18H,10-11H2,1H3,(H,21,24)(H,22,23)/t16-,18?/m0/s1. The zero-order chi connectivity index (χ0) is 18.5. The van der Waals surface area contributed by atoms with Crippen molar-refractivity contribution >= 4 is 12.0 Å². The quantitative estimate of drug-likeness (QED) is 0.862. The van der Waals surface area contributed by atoms with Crippen LogP contribution < -0.4 is 15.4 Å². The van der Waals surface area contributed by atoms with Gasteiger partial charge in [0.25, 0.3) is 0 Å². The van der Waals surface area contributed by atoms with E-state index in [0.29, 0.717) is 5.75 Å². The minimum absolute atomic E-state index is 0.0434. The van der Waals surface area contributed by atoms with Gasteiger partial charge in [-0.25, -0.2) is 9.18 Å². The van der Waals surface area contributed by atoms with Crippen LogP contribution >= 0.6 is 0 Å². The summed E-state index contributed by atoms with van der Waals surface area (Å²) < 4.78 is 24.5. The molecule has 2 aromatic carbocycles. The average molecular weight is 358 g/mol. The van der Waals surface area contributed by atoms with Crippen molar-refractivity contribution in [1.29, 1.82) is 0 Å². The largest absolute Gasteiger partial charge is 0.497 e. The van der Waals surface area contributed by atoms with E-state index in [0.717, 1.165) is 5.56 Å². The van der Waals surface area contributed by atoms with Crippen LogP contribution in [0.4, 0.5) is 9.18 Å². The molecule has 2 aromatic rings. The first-order chi connectivity index (χ1) is 12.6. The van der Waals surface area contributed by atoms with E-state index in [1.54, 1.807) is 0 Å². The molecule has 0 aromatic heterocycles. The molecular weight excluding hydrogens is 339 g/mol. The van der Waals surface area contributed by atoms with Crippen LogP contribution in [0.25, 0.3) is 0 Å². The molecule has 1 heterocycles. The van der Waals surface area contributed by atoms with Crippen LogP contribution in [0.15, 0.2) is 48.5 Å². The molecule has 7 heteroatoms. The molecule has 1 saturated heterocycles. The summed E-state index contributed by atoms with van der Waals surface area (Å²) in [7, 11) is 1.47. The van der Waals surface area contributed by atoms with Gasteiger partial charge in [-0.2, -0.15) is 0 Å². The van der Waals surface area contributed by atoms with Gasteiger partial charge in [0.15, 0.2) is 0 Å². The summed E-state index contributed by atoms with van der Waals surface area (Å²) in [6.07, 6.45) is -0.620. The predicted octanol–water partition coefficient (Wildman–Crippen LogP) is 2.69. The van der Waals surface area contributed by atoms with Crippen molar-refractivity contribution in [3.05, 3.63) is 65.5 Å². The molecule has 2 N–H and O–H groups in total. The number of hydrogen-bond donors (Lipinski definition) is 2. The lowest BCUT2D eigenvalue weighted by atomic mass is 10.00. The molecule has 0 spiro atoms.